The lowest BCUT2D eigenvalue weighted by Crippen LogP contribution is -2.19. The summed E-state index contributed by atoms with van der Waals surface area (Å²) in [5.74, 6) is 0.650. The standard InChI is InChI=1S/C21H20F3N3O2/c1-20(2,3)17-13-18(25-19(28)29-16-7-5-4-6-8-16)27(26-17)15-11-9-14(10-12-15)21(22,23)24/h4-13H,1-3H3,(H,25,28). The van der Waals surface area contributed by atoms with E-state index in [1.54, 1.807) is 36.4 Å². The molecule has 1 amide bonds. The number of carbonyl (C=O) groups is 1. The average Bonchev–Trinajstić information content (AvgIpc) is 3.06. The van der Waals surface area contributed by atoms with Crippen LogP contribution in [0.2, 0.25) is 0 Å². The molecular formula is C21H20F3N3O2. The molecule has 3 rings (SSSR count). The van der Waals surface area contributed by atoms with Gasteiger partial charge in [0.25, 0.3) is 0 Å². The lowest BCUT2D eigenvalue weighted by Gasteiger charge is -2.14. The number of amides is 1. The fourth-order valence-electron chi connectivity index (χ4n) is 2.55. The highest BCUT2D eigenvalue weighted by Crippen LogP contribution is 2.31. The zero-order valence-electron chi connectivity index (χ0n) is 16.1. The Morgan fingerprint density at radius 3 is 2.17 bits per heavy atom. The number of hydrogen-bond donors (Lipinski definition) is 1. The van der Waals surface area contributed by atoms with E-state index >= 15 is 0 Å². The Morgan fingerprint density at radius 2 is 1.62 bits per heavy atom. The summed E-state index contributed by atoms with van der Waals surface area (Å²) < 4.78 is 45.1. The van der Waals surface area contributed by atoms with E-state index in [0.29, 0.717) is 17.1 Å². The summed E-state index contributed by atoms with van der Waals surface area (Å²) in [4.78, 5) is 12.3. The van der Waals surface area contributed by atoms with Gasteiger partial charge in [0.2, 0.25) is 0 Å². The summed E-state index contributed by atoms with van der Waals surface area (Å²) in [6.45, 7) is 5.83. The molecule has 1 heterocycles. The molecule has 29 heavy (non-hydrogen) atoms. The lowest BCUT2D eigenvalue weighted by atomic mass is 9.92. The number of nitrogens with zero attached hydrogens (tertiary/aromatic N) is 2. The van der Waals surface area contributed by atoms with Crippen LogP contribution in [0.1, 0.15) is 32.0 Å². The van der Waals surface area contributed by atoms with E-state index in [4.69, 9.17) is 4.74 Å². The van der Waals surface area contributed by atoms with Gasteiger partial charge < -0.3 is 4.74 Å². The second kappa shape index (κ2) is 7.62. The predicted octanol–water partition coefficient (Wildman–Crippen LogP) is 5.80. The van der Waals surface area contributed by atoms with Gasteiger partial charge in [-0.25, -0.2) is 9.48 Å². The van der Waals surface area contributed by atoms with E-state index in [1.807, 2.05) is 20.8 Å². The molecule has 0 unspecified atom stereocenters. The Bertz CT molecular complexity index is 989. The first-order valence-electron chi connectivity index (χ1n) is 8.86. The van der Waals surface area contributed by atoms with Crippen LogP contribution in [0.4, 0.5) is 23.8 Å². The van der Waals surface area contributed by atoms with Crippen molar-refractivity contribution in [1.29, 1.82) is 0 Å². The van der Waals surface area contributed by atoms with Crippen molar-refractivity contribution in [3.05, 3.63) is 71.9 Å². The number of aromatic nitrogens is 2. The van der Waals surface area contributed by atoms with Crippen LogP contribution in [0, 0.1) is 0 Å². The molecule has 0 aliphatic heterocycles. The third-order valence-corrected chi connectivity index (χ3v) is 4.10. The Balaban J connectivity index is 1.92. The highest BCUT2D eigenvalue weighted by atomic mass is 19.4. The monoisotopic (exact) mass is 403 g/mol. The molecule has 0 saturated heterocycles. The second-order valence-corrected chi connectivity index (χ2v) is 7.45. The van der Waals surface area contributed by atoms with Crippen molar-refractivity contribution in [2.24, 2.45) is 0 Å². The van der Waals surface area contributed by atoms with Crippen LogP contribution < -0.4 is 10.1 Å². The second-order valence-electron chi connectivity index (χ2n) is 7.45. The Hall–Kier alpha value is -3.29. The Morgan fingerprint density at radius 1 is 1.00 bits per heavy atom. The minimum absolute atomic E-state index is 0.288. The lowest BCUT2D eigenvalue weighted by molar-refractivity contribution is -0.137. The van der Waals surface area contributed by atoms with Crippen molar-refractivity contribution < 1.29 is 22.7 Å². The first-order chi connectivity index (χ1) is 13.5. The summed E-state index contributed by atoms with van der Waals surface area (Å²) in [6, 6.07) is 14.7. The molecule has 5 nitrogen and oxygen atoms in total. The molecule has 1 N–H and O–H groups in total. The molecular weight excluding hydrogens is 383 g/mol. The zero-order valence-corrected chi connectivity index (χ0v) is 16.1. The number of alkyl halides is 3. The highest BCUT2D eigenvalue weighted by molar-refractivity contribution is 5.85. The van der Waals surface area contributed by atoms with Crippen LogP contribution in [0.15, 0.2) is 60.7 Å². The van der Waals surface area contributed by atoms with Crippen LogP contribution in [-0.2, 0) is 11.6 Å². The number of ether oxygens (including phenoxy) is 1. The molecule has 0 aliphatic rings. The molecule has 0 spiro atoms. The van der Waals surface area contributed by atoms with Gasteiger partial charge >= 0.3 is 12.3 Å². The summed E-state index contributed by atoms with van der Waals surface area (Å²) in [5, 5.41) is 7.08. The number of hydrogen-bond acceptors (Lipinski definition) is 3. The molecule has 0 bridgehead atoms. The van der Waals surface area contributed by atoms with Gasteiger partial charge in [0.15, 0.2) is 0 Å². The van der Waals surface area contributed by atoms with E-state index in [-0.39, 0.29) is 11.2 Å². The smallest absolute Gasteiger partial charge is 0.410 e. The number of anilines is 1. The van der Waals surface area contributed by atoms with Crippen LogP contribution in [-0.4, -0.2) is 15.9 Å². The summed E-state index contributed by atoms with van der Waals surface area (Å²) in [5.41, 5.74) is -0.0601. The average molecular weight is 403 g/mol. The summed E-state index contributed by atoms with van der Waals surface area (Å²) in [6.07, 6.45) is -5.16. The first-order valence-corrected chi connectivity index (χ1v) is 8.86. The minimum Gasteiger partial charge on any atom is -0.410 e. The molecule has 0 aliphatic carbocycles. The normalized spacial score (nSPS) is 11.9. The molecule has 8 heteroatoms. The van der Waals surface area contributed by atoms with Gasteiger partial charge in [-0.3, -0.25) is 5.32 Å². The highest BCUT2D eigenvalue weighted by Gasteiger charge is 2.30. The zero-order chi connectivity index (χ0) is 21.2. The fourth-order valence-corrected chi connectivity index (χ4v) is 2.55. The molecule has 152 valence electrons. The van der Waals surface area contributed by atoms with Crippen molar-refractivity contribution in [2.45, 2.75) is 32.4 Å². The van der Waals surface area contributed by atoms with Gasteiger partial charge in [0.05, 0.1) is 16.9 Å². The number of nitrogens with one attached hydrogen (secondary N) is 1. The van der Waals surface area contributed by atoms with Gasteiger partial charge in [-0.15, -0.1) is 0 Å². The maximum absolute atomic E-state index is 12.8. The molecule has 2 aromatic carbocycles. The van der Waals surface area contributed by atoms with Crippen LogP contribution in [0.3, 0.4) is 0 Å². The van der Waals surface area contributed by atoms with E-state index in [1.165, 1.54) is 16.8 Å². The molecule has 1 aromatic heterocycles. The number of rotatable bonds is 3. The Kier molecular flexibility index (Phi) is 5.37. The van der Waals surface area contributed by atoms with Gasteiger partial charge in [0.1, 0.15) is 11.6 Å². The SMILES string of the molecule is CC(C)(C)c1cc(NC(=O)Oc2ccccc2)n(-c2ccc(C(F)(F)F)cc2)n1. The number of carbonyl (C=O) groups excluding carboxylic acids is 1. The summed E-state index contributed by atoms with van der Waals surface area (Å²) >= 11 is 0. The third kappa shape index (κ3) is 4.96. The van der Waals surface area contributed by atoms with E-state index in [2.05, 4.69) is 10.4 Å². The maximum Gasteiger partial charge on any atom is 0.418 e. The summed E-state index contributed by atoms with van der Waals surface area (Å²) in [7, 11) is 0. The van der Waals surface area contributed by atoms with Gasteiger partial charge in [-0.1, -0.05) is 39.0 Å². The van der Waals surface area contributed by atoms with Crippen molar-refractivity contribution in [3.8, 4) is 11.4 Å². The maximum atomic E-state index is 12.8. The number of halogens is 3. The van der Waals surface area contributed by atoms with Crippen LogP contribution >= 0.6 is 0 Å². The number of para-hydroxylation sites is 1. The van der Waals surface area contributed by atoms with Gasteiger partial charge in [0, 0.05) is 11.5 Å². The van der Waals surface area contributed by atoms with E-state index < -0.39 is 17.8 Å². The van der Waals surface area contributed by atoms with Gasteiger partial charge in [-0.2, -0.15) is 18.3 Å². The van der Waals surface area contributed by atoms with Crippen LogP contribution in [0.25, 0.3) is 5.69 Å². The third-order valence-electron chi connectivity index (χ3n) is 4.10. The molecule has 0 atom stereocenters. The number of benzene rings is 2. The minimum atomic E-state index is -4.43. The fraction of sp³-hybridized carbons (Fsp3) is 0.238. The molecule has 3 aromatic rings. The molecule has 0 radical (unpaired) electrons. The predicted molar refractivity (Wildman–Crippen MR) is 103 cm³/mol. The van der Waals surface area contributed by atoms with Crippen molar-refractivity contribution in [1.82, 2.24) is 9.78 Å². The van der Waals surface area contributed by atoms with Crippen molar-refractivity contribution in [3.63, 3.8) is 0 Å². The van der Waals surface area contributed by atoms with E-state index in [9.17, 15) is 18.0 Å². The van der Waals surface area contributed by atoms with E-state index in [0.717, 1.165) is 12.1 Å². The van der Waals surface area contributed by atoms with Gasteiger partial charge in [-0.05, 0) is 36.4 Å². The first kappa shape index (κ1) is 20.4. The van der Waals surface area contributed by atoms with Crippen molar-refractivity contribution in [2.75, 3.05) is 5.32 Å². The molecule has 0 saturated carbocycles. The Labute approximate surface area is 166 Å². The largest absolute Gasteiger partial charge is 0.418 e. The molecule has 0 fully saturated rings. The van der Waals surface area contributed by atoms with Crippen LogP contribution in [0.5, 0.6) is 5.75 Å². The van der Waals surface area contributed by atoms with Crippen molar-refractivity contribution >= 4 is 11.9 Å². The topological polar surface area (TPSA) is 56.1 Å². The quantitative estimate of drug-likeness (QED) is 0.601.